The van der Waals surface area contributed by atoms with Crippen LogP contribution in [0.2, 0.25) is 0 Å². The number of para-hydroxylation sites is 1. The van der Waals surface area contributed by atoms with Gasteiger partial charge in [0, 0.05) is 56.0 Å². The summed E-state index contributed by atoms with van der Waals surface area (Å²) in [6, 6.07) is 17.4. The molecule has 7 nitrogen and oxygen atoms in total. The highest BCUT2D eigenvalue weighted by atomic mass is 32.1. The average molecular weight is 477 g/mol. The molecule has 2 amide bonds. The summed E-state index contributed by atoms with van der Waals surface area (Å²) in [7, 11) is 0. The van der Waals surface area contributed by atoms with Crippen LogP contribution in [0.5, 0.6) is 11.5 Å². The minimum absolute atomic E-state index is 0.00385. The maximum Gasteiger partial charge on any atom is 0.282 e. The van der Waals surface area contributed by atoms with Gasteiger partial charge in [-0.05, 0) is 50.2 Å². The number of nitrogens with zero attached hydrogens (tertiary/aromatic N) is 4. The number of hydrogen-bond acceptors (Lipinski definition) is 6. The first-order valence-corrected chi connectivity index (χ1v) is 12.4. The molecule has 1 atom stereocenters. The van der Waals surface area contributed by atoms with Gasteiger partial charge in [0.1, 0.15) is 11.5 Å². The van der Waals surface area contributed by atoms with E-state index in [0.29, 0.717) is 24.6 Å². The second kappa shape index (κ2) is 9.19. The van der Waals surface area contributed by atoms with E-state index < -0.39 is 5.41 Å². The minimum Gasteiger partial charge on any atom is -0.457 e. The van der Waals surface area contributed by atoms with Crippen LogP contribution in [-0.2, 0) is 4.79 Å². The highest BCUT2D eigenvalue weighted by Crippen LogP contribution is 2.38. The predicted molar refractivity (Wildman–Crippen MR) is 132 cm³/mol. The van der Waals surface area contributed by atoms with Gasteiger partial charge < -0.3 is 14.5 Å². The highest BCUT2D eigenvalue weighted by Gasteiger charge is 2.50. The number of carbonyl (C=O) groups is 2. The number of thiazole rings is 1. The fourth-order valence-electron chi connectivity index (χ4n) is 4.79. The molecule has 0 N–H and O–H groups in total. The number of piperazine rings is 1. The van der Waals surface area contributed by atoms with Crippen LogP contribution >= 0.6 is 11.3 Å². The molecule has 5 rings (SSSR count). The number of aromatic nitrogens is 1. The lowest BCUT2D eigenvalue weighted by Gasteiger charge is -2.41. The van der Waals surface area contributed by atoms with Gasteiger partial charge in [-0.15, -0.1) is 11.3 Å². The van der Waals surface area contributed by atoms with E-state index in [-0.39, 0.29) is 17.9 Å². The monoisotopic (exact) mass is 476 g/mol. The van der Waals surface area contributed by atoms with E-state index in [4.69, 9.17) is 4.74 Å². The number of benzene rings is 2. The van der Waals surface area contributed by atoms with Crippen molar-refractivity contribution in [2.45, 2.75) is 19.9 Å². The Labute approximate surface area is 203 Å². The van der Waals surface area contributed by atoms with E-state index in [2.05, 4.69) is 9.88 Å². The highest BCUT2D eigenvalue weighted by molar-refractivity contribution is 7.11. The number of ether oxygens (including phenoxy) is 1. The predicted octanol–water partition coefficient (Wildman–Crippen LogP) is 4.13. The van der Waals surface area contributed by atoms with E-state index in [1.54, 1.807) is 6.20 Å². The third kappa shape index (κ3) is 4.31. The number of anilines is 1. The lowest BCUT2D eigenvalue weighted by atomic mass is 9.85. The molecule has 0 spiro atoms. The van der Waals surface area contributed by atoms with E-state index in [1.165, 1.54) is 11.3 Å². The van der Waals surface area contributed by atoms with Crippen molar-refractivity contribution >= 4 is 28.8 Å². The molecule has 2 aliphatic heterocycles. The lowest BCUT2D eigenvalue weighted by molar-refractivity contribution is -0.126. The summed E-state index contributed by atoms with van der Waals surface area (Å²) >= 11 is 1.37. The molecule has 2 aliphatic rings. The van der Waals surface area contributed by atoms with Gasteiger partial charge in [-0.3, -0.25) is 14.5 Å². The van der Waals surface area contributed by atoms with Gasteiger partial charge in [-0.1, -0.05) is 18.2 Å². The second-order valence-corrected chi connectivity index (χ2v) is 10.1. The van der Waals surface area contributed by atoms with Crippen molar-refractivity contribution in [2.75, 3.05) is 37.6 Å². The van der Waals surface area contributed by atoms with Crippen molar-refractivity contribution in [2.24, 2.45) is 5.41 Å². The molecule has 0 aliphatic carbocycles. The first kappa shape index (κ1) is 22.6. The number of amides is 2. The summed E-state index contributed by atoms with van der Waals surface area (Å²) < 4.78 is 5.89. The van der Waals surface area contributed by atoms with Gasteiger partial charge in [-0.25, -0.2) is 4.98 Å². The Balaban J connectivity index is 1.24. The Morgan fingerprint density at radius 1 is 1.00 bits per heavy atom. The molecule has 2 aromatic carbocycles. The summed E-state index contributed by atoms with van der Waals surface area (Å²) in [4.78, 5) is 36.3. The Bertz CT molecular complexity index is 1140. The van der Waals surface area contributed by atoms with Crippen LogP contribution in [0.15, 0.2) is 66.2 Å². The first-order chi connectivity index (χ1) is 16.4. The van der Waals surface area contributed by atoms with Gasteiger partial charge in [0.15, 0.2) is 5.01 Å². The van der Waals surface area contributed by atoms with Crippen LogP contribution in [0, 0.1) is 5.41 Å². The van der Waals surface area contributed by atoms with Gasteiger partial charge >= 0.3 is 0 Å². The Morgan fingerprint density at radius 3 is 2.32 bits per heavy atom. The molecule has 176 valence electrons. The zero-order valence-electron chi connectivity index (χ0n) is 19.4. The van der Waals surface area contributed by atoms with Crippen LogP contribution in [0.1, 0.15) is 23.6 Å². The molecule has 3 aromatic rings. The molecule has 2 fully saturated rings. The van der Waals surface area contributed by atoms with Crippen LogP contribution in [0.4, 0.5) is 5.69 Å². The van der Waals surface area contributed by atoms with Gasteiger partial charge in [0.25, 0.3) is 5.91 Å². The van der Waals surface area contributed by atoms with Gasteiger partial charge in [0.05, 0.1) is 5.41 Å². The minimum atomic E-state index is -0.513. The molecule has 1 unspecified atom stereocenters. The molecule has 0 bridgehead atoms. The zero-order valence-corrected chi connectivity index (χ0v) is 20.2. The maximum atomic E-state index is 13.4. The Morgan fingerprint density at radius 2 is 1.68 bits per heavy atom. The van der Waals surface area contributed by atoms with Gasteiger partial charge in [-0.2, -0.15) is 0 Å². The smallest absolute Gasteiger partial charge is 0.282 e. The number of carbonyl (C=O) groups excluding carboxylic acids is 2. The summed E-state index contributed by atoms with van der Waals surface area (Å²) in [5.41, 5.74) is 0.360. The molecular weight excluding hydrogens is 448 g/mol. The molecule has 0 radical (unpaired) electrons. The van der Waals surface area contributed by atoms with Crippen LogP contribution < -0.4 is 9.64 Å². The standard InChI is InChI=1S/C26H28N4O3S/c1-26(2)22(28-13-15-29(16-14-28)24(31)23-27-12-17-34-23)18-30(25(26)32)19-8-10-21(11-9-19)33-20-6-4-3-5-7-20/h3-12,17,22H,13-16,18H2,1-2H3. The molecule has 1 aromatic heterocycles. The SMILES string of the molecule is CC1(C)C(=O)N(c2ccc(Oc3ccccc3)cc2)CC1N1CCN(C(=O)c2nccs2)CC1. The Hall–Kier alpha value is -3.23. The maximum absolute atomic E-state index is 13.4. The van der Waals surface area contributed by atoms with Crippen molar-refractivity contribution < 1.29 is 14.3 Å². The van der Waals surface area contributed by atoms with Crippen molar-refractivity contribution in [1.82, 2.24) is 14.8 Å². The fraction of sp³-hybridized carbons (Fsp3) is 0.346. The Kier molecular flexibility index (Phi) is 6.10. The van der Waals surface area contributed by atoms with E-state index in [9.17, 15) is 9.59 Å². The topological polar surface area (TPSA) is 66.0 Å². The van der Waals surface area contributed by atoms with Crippen molar-refractivity contribution in [1.29, 1.82) is 0 Å². The zero-order chi connectivity index (χ0) is 23.7. The molecule has 8 heteroatoms. The lowest BCUT2D eigenvalue weighted by Crippen LogP contribution is -2.55. The summed E-state index contributed by atoms with van der Waals surface area (Å²) in [6.07, 6.45) is 1.66. The second-order valence-electron chi connectivity index (χ2n) is 9.23. The molecular formula is C26H28N4O3S. The van der Waals surface area contributed by atoms with Crippen LogP contribution in [0.3, 0.4) is 0 Å². The van der Waals surface area contributed by atoms with E-state index in [0.717, 1.165) is 30.3 Å². The molecule has 2 saturated heterocycles. The van der Waals surface area contributed by atoms with Crippen LogP contribution in [-0.4, -0.2) is 65.4 Å². The number of hydrogen-bond donors (Lipinski definition) is 0. The largest absolute Gasteiger partial charge is 0.457 e. The molecule has 34 heavy (non-hydrogen) atoms. The van der Waals surface area contributed by atoms with E-state index >= 15 is 0 Å². The van der Waals surface area contributed by atoms with Gasteiger partial charge in [0.2, 0.25) is 5.91 Å². The average Bonchev–Trinajstić information content (AvgIpc) is 3.47. The first-order valence-electron chi connectivity index (χ1n) is 11.5. The third-order valence-electron chi connectivity index (χ3n) is 6.77. The van der Waals surface area contributed by atoms with Crippen molar-refractivity contribution in [3.8, 4) is 11.5 Å². The summed E-state index contributed by atoms with van der Waals surface area (Å²) in [5, 5.41) is 2.36. The van der Waals surface area contributed by atoms with Crippen LogP contribution in [0.25, 0.3) is 0 Å². The summed E-state index contributed by atoms with van der Waals surface area (Å²) in [6.45, 7) is 7.47. The molecule has 0 saturated carbocycles. The van der Waals surface area contributed by atoms with Crippen molar-refractivity contribution in [3.63, 3.8) is 0 Å². The van der Waals surface area contributed by atoms with Crippen molar-refractivity contribution in [3.05, 3.63) is 71.2 Å². The fourth-order valence-corrected chi connectivity index (χ4v) is 5.39. The third-order valence-corrected chi connectivity index (χ3v) is 7.53. The summed E-state index contributed by atoms with van der Waals surface area (Å²) in [5.74, 6) is 1.63. The quantitative estimate of drug-likeness (QED) is 0.554. The molecule has 3 heterocycles. The normalized spacial score (nSPS) is 20.5. The van der Waals surface area contributed by atoms with E-state index in [1.807, 2.05) is 83.6 Å². The number of rotatable bonds is 5.